The molecule has 0 saturated heterocycles. The van der Waals surface area contributed by atoms with Gasteiger partial charge in [-0.25, -0.2) is 0 Å². The van der Waals surface area contributed by atoms with Gasteiger partial charge in [0.2, 0.25) is 0 Å². The lowest BCUT2D eigenvalue weighted by Gasteiger charge is -2.82. The fourth-order valence-corrected chi connectivity index (χ4v) is 7.68. The molecule has 1 nitrogen and oxygen atoms in total. The molecule has 0 amide bonds. The van der Waals surface area contributed by atoms with Crippen LogP contribution in [0.5, 0.6) is 0 Å². The second-order valence-corrected chi connectivity index (χ2v) is 8.48. The molecule has 0 aromatic carbocycles. The van der Waals surface area contributed by atoms with Crippen molar-refractivity contribution in [2.24, 2.45) is 27.1 Å². The topological polar surface area (TPSA) is 17.1 Å². The average Bonchev–Trinajstić information content (AvgIpc) is 2.31. The van der Waals surface area contributed by atoms with Gasteiger partial charge in [0.25, 0.3) is 0 Å². The van der Waals surface area contributed by atoms with Crippen molar-refractivity contribution >= 4 is 5.78 Å². The second-order valence-electron chi connectivity index (χ2n) is 8.48. The second kappa shape index (κ2) is 1.93. The summed E-state index contributed by atoms with van der Waals surface area (Å²) >= 11 is 0. The number of Topliss-reactive ketones (excluding diaryl/α,β-unsaturated/α-hetero) is 1. The molecule has 5 atom stereocenters. The molecule has 0 aliphatic heterocycles. The molecular weight excluding hydrogens is 196 g/mol. The maximum absolute atomic E-state index is 12.5. The van der Waals surface area contributed by atoms with Crippen molar-refractivity contribution in [1.29, 1.82) is 0 Å². The van der Waals surface area contributed by atoms with Gasteiger partial charge in [-0.3, -0.25) is 4.79 Å². The van der Waals surface area contributed by atoms with E-state index in [2.05, 4.69) is 27.7 Å². The number of carbonyl (C=O) groups excluding carboxylic acids is 1. The molecule has 0 N–H and O–H groups in total. The Morgan fingerprint density at radius 3 is 2.12 bits per heavy atom. The van der Waals surface area contributed by atoms with Gasteiger partial charge in [-0.15, -0.1) is 0 Å². The van der Waals surface area contributed by atoms with Crippen LogP contribution >= 0.6 is 0 Å². The largest absolute Gasteiger partial charge is 0.299 e. The molecule has 4 rings (SSSR count). The van der Waals surface area contributed by atoms with Gasteiger partial charge in [-0.2, -0.15) is 0 Å². The van der Waals surface area contributed by atoms with E-state index in [1.807, 2.05) is 0 Å². The highest BCUT2D eigenvalue weighted by atomic mass is 16.1. The Morgan fingerprint density at radius 2 is 1.50 bits per heavy atom. The van der Waals surface area contributed by atoms with Gasteiger partial charge < -0.3 is 0 Å². The highest BCUT2D eigenvalue weighted by Gasteiger charge is 2.89. The Hall–Kier alpha value is -0.330. The van der Waals surface area contributed by atoms with Crippen LogP contribution in [0.2, 0.25) is 0 Å². The van der Waals surface area contributed by atoms with Gasteiger partial charge in [0, 0.05) is 11.8 Å². The van der Waals surface area contributed by atoms with E-state index in [0.29, 0.717) is 27.4 Å². The first kappa shape index (κ1) is 9.67. The summed E-state index contributed by atoms with van der Waals surface area (Å²) in [4.78, 5) is 12.5. The predicted molar refractivity (Wildman–Crippen MR) is 63.0 cm³/mol. The van der Waals surface area contributed by atoms with Gasteiger partial charge in [-0.05, 0) is 47.3 Å². The van der Waals surface area contributed by atoms with Crippen molar-refractivity contribution in [1.82, 2.24) is 0 Å². The monoisotopic (exact) mass is 218 g/mol. The SMILES string of the molecule is CC12CC(=O)C3(C)CC4(C)CC(C)(C1)C43C2. The first-order valence-electron chi connectivity index (χ1n) is 6.74. The minimum Gasteiger partial charge on any atom is -0.299 e. The first-order chi connectivity index (χ1) is 7.21. The summed E-state index contributed by atoms with van der Waals surface area (Å²) < 4.78 is 0. The molecule has 0 heterocycles. The van der Waals surface area contributed by atoms with E-state index in [1.54, 1.807) is 0 Å². The van der Waals surface area contributed by atoms with Crippen LogP contribution in [0.15, 0.2) is 0 Å². The number of hydrogen-bond donors (Lipinski definition) is 0. The van der Waals surface area contributed by atoms with Crippen molar-refractivity contribution < 1.29 is 4.79 Å². The van der Waals surface area contributed by atoms with Gasteiger partial charge in [-0.1, -0.05) is 27.7 Å². The Balaban J connectivity index is 1.97. The molecule has 0 aromatic rings. The van der Waals surface area contributed by atoms with E-state index in [-0.39, 0.29) is 5.41 Å². The van der Waals surface area contributed by atoms with E-state index < -0.39 is 0 Å². The van der Waals surface area contributed by atoms with Crippen molar-refractivity contribution in [3.63, 3.8) is 0 Å². The van der Waals surface area contributed by atoms with Crippen LogP contribution in [0.1, 0.15) is 59.8 Å². The Bertz CT molecular complexity index is 441. The third kappa shape index (κ3) is 0.577. The van der Waals surface area contributed by atoms with E-state index >= 15 is 0 Å². The van der Waals surface area contributed by atoms with Crippen LogP contribution < -0.4 is 0 Å². The third-order valence-electron chi connectivity index (χ3n) is 7.24. The molecular formula is C15H22O. The Morgan fingerprint density at radius 1 is 0.875 bits per heavy atom. The van der Waals surface area contributed by atoms with Gasteiger partial charge in [0.05, 0.1) is 0 Å². The smallest absolute Gasteiger partial charge is 0.139 e. The highest BCUT2D eigenvalue weighted by Crippen LogP contribution is 2.94. The fraction of sp³-hybridized carbons (Fsp3) is 0.933. The van der Waals surface area contributed by atoms with Crippen LogP contribution in [0.3, 0.4) is 0 Å². The summed E-state index contributed by atoms with van der Waals surface area (Å²) in [6, 6.07) is 0. The average molecular weight is 218 g/mol. The van der Waals surface area contributed by atoms with Crippen LogP contribution in [0.4, 0.5) is 0 Å². The van der Waals surface area contributed by atoms with E-state index in [0.717, 1.165) is 6.42 Å². The third-order valence-corrected chi connectivity index (χ3v) is 7.24. The molecule has 5 unspecified atom stereocenters. The van der Waals surface area contributed by atoms with Crippen LogP contribution in [-0.4, -0.2) is 5.78 Å². The van der Waals surface area contributed by atoms with E-state index in [1.165, 1.54) is 25.7 Å². The maximum atomic E-state index is 12.5. The van der Waals surface area contributed by atoms with Crippen LogP contribution in [0.25, 0.3) is 0 Å². The number of rotatable bonds is 0. The fourth-order valence-electron chi connectivity index (χ4n) is 7.68. The summed E-state index contributed by atoms with van der Waals surface area (Å²) in [6.45, 7) is 9.55. The summed E-state index contributed by atoms with van der Waals surface area (Å²) in [6.07, 6.45) is 6.03. The molecule has 2 bridgehead atoms. The lowest BCUT2D eigenvalue weighted by molar-refractivity contribution is -0.335. The lowest BCUT2D eigenvalue weighted by atomic mass is 9.20. The molecule has 1 spiro atoms. The molecule has 4 saturated carbocycles. The van der Waals surface area contributed by atoms with Crippen molar-refractivity contribution in [2.45, 2.75) is 59.8 Å². The summed E-state index contributed by atoms with van der Waals surface area (Å²) in [7, 11) is 0. The molecule has 0 aromatic heterocycles. The maximum Gasteiger partial charge on any atom is 0.139 e. The Kier molecular flexibility index (Phi) is 1.17. The molecule has 1 heteroatoms. The zero-order valence-electron chi connectivity index (χ0n) is 10.9. The van der Waals surface area contributed by atoms with Gasteiger partial charge >= 0.3 is 0 Å². The minimum absolute atomic E-state index is 0.0464. The van der Waals surface area contributed by atoms with E-state index in [9.17, 15) is 4.79 Å². The first-order valence-corrected chi connectivity index (χ1v) is 6.74. The highest BCUT2D eigenvalue weighted by molar-refractivity contribution is 5.90. The minimum atomic E-state index is 0.0464. The van der Waals surface area contributed by atoms with Crippen molar-refractivity contribution in [3.05, 3.63) is 0 Å². The molecule has 0 radical (unpaired) electrons. The lowest BCUT2D eigenvalue weighted by Crippen LogP contribution is -2.79. The number of ketones is 1. The normalized spacial score (nSPS) is 70.6. The molecule has 4 fully saturated rings. The summed E-state index contributed by atoms with van der Waals surface area (Å²) in [5, 5.41) is 0. The summed E-state index contributed by atoms with van der Waals surface area (Å²) in [5.41, 5.74) is 1.76. The predicted octanol–water partition coefficient (Wildman–Crippen LogP) is 3.57. The van der Waals surface area contributed by atoms with Gasteiger partial charge in [0.15, 0.2) is 0 Å². The summed E-state index contributed by atoms with van der Waals surface area (Å²) in [5.74, 6) is 0.585. The standard InChI is InChI=1S/C15H22O/c1-11-5-10(16)14(4)9-13(3)8-12(2,6-11)15(13,14)7-11/h5-9H2,1-4H3. The number of carbonyl (C=O) groups is 1. The number of fused-ring (bicyclic) bond motifs is 1. The zero-order valence-corrected chi connectivity index (χ0v) is 10.9. The van der Waals surface area contributed by atoms with E-state index in [4.69, 9.17) is 0 Å². The Labute approximate surface area is 98.0 Å². The quantitative estimate of drug-likeness (QED) is 0.607. The zero-order chi connectivity index (χ0) is 11.6. The van der Waals surface area contributed by atoms with Crippen LogP contribution in [-0.2, 0) is 4.79 Å². The molecule has 4 aliphatic rings. The van der Waals surface area contributed by atoms with Crippen LogP contribution in [0, 0.1) is 27.1 Å². The molecule has 88 valence electrons. The number of hydrogen-bond acceptors (Lipinski definition) is 1. The van der Waals surface area contributed by atoms with Crippen molar-refractivity contribution in [2.75, 3.05) is 0 Å². The van der Waals surface area contributed by atoms with Gasteiger partial charge in [0.1, 0.15) is 5.78 Å². The molecule has 4 aliphatic carbocycles. The van der Waals surface area contributed by atoms with Crippen molar-refractivity contribution in [3.8, 4) is 0 Å². The molecule has 16 heavy (non-hydrogen) atoms.